The van der Waals surface area contributed by atoms with Crippen molar-refractivity contribution in [1.29, 1.82) is 0 Å². The molecule has 0 aliphatic rings. The molecule has 0 aliphatic carbocycles. The van der Waals surface area contributed by atoms with Gasteiger partial charge in [0.05, 0.1) is 6.42 Å². The SMILES string of the molecule is CCCCCNC(CC(=O)Nc1cc(C)cc(C)c1)C(=O)O. The molecule has 3 N–H and O–H groups in total. The van der Waals surface area contributed by atoms with Crippen molar-refractivity contribution in [2.24, 2.45) is 0 Å². The highest BCUT2D eigenvalue weighted by Crippen LogP contribution is 2.14. The Balaban J connectivity index is 2.54. The first-order chi connectivity index (χ1) is 10.4. The molecule has 1 unspecified atom stereocenters. The topological polar surface area (TPSA) is 78.4 Å². The maximum absolute atomic E-state index is 12.0. The van der Waals surface area contributed by atoms with Crippen LogP contribution in [0, 0.1) is 13.8 Å². The van der Waals surface area contributed by atoms with Crippen molar-refractivity contribution in [2.45, 2.75) is 52.5 Å². The number of carboxylic acid groups (broad SMARTS) is 1. The molecule has 1 aromatic carbocycles. The van der Waals surface area contributed by atoms with Crippen LogP contribution in [0.25, 0.3) is 0 Å². The molecule has 0 bridgehead atoms. The largest absolute Gasteiger partial charge is 0.480 e. The van der Waals surface area contributed by atoms with Crippen LogP contribution in [0.15, 0.2) is 18.2 Å². The first-order valence-corrected chi connectivity index (χ1v) is 7.76. The van der Waals surface area contributed by atoms with Crippen LogP contribution in [0.1, 0.15) is 43.7 Å². The molecule has 0 saturated carbocycles. The van der Waals surface area contributed by atoms with E-state index < -0.39 is 12.0 Å². The summed E-state index contributed by atoms with van der Waals surface area (Å²) in [6.07, 6.45) is 2.97. The number of aliphatic carboxylic acids is 1. The van der Waals surface area contributed by atoms with Crippen LogP contribution in [0.5, 0.6) is 0 Å². The van der Waals surface area contributed by atoms with Gasteiger partial charge in [0.2, 0.25) is 5.91 Å². The number of anilines is 1. The summed E-state index contributed by atoms with van der Waals surface area (Å²) in [6, 6.07) is 4.91. The third kappa shape index (κ3) is 6.72. The standard InChI is InChI=1S/C17H26N2O3/c1-4-5-6-7-18-15(17(21)22)11-16(20)19-14-9-12(2)8-13(3)10-14/h8-10,15,18H,4-7,11H2,1-3H3,(H,19,20)(H,21,22). The van der Waals surface area contributed by atoms with Crippen molar-refractivity contribution in [3.05, 3.63) is 29.3 Å². The Morgan fingerprint density at radius 1 is 1.14 bits per heavy atom. The normalized spacial score (nSPS) is 12.0. The predicted molar refractivity (Wildman–Crippen MR) is 88.1 cm³/mol. The van der Waals surface area contributed by atoms with Crippen LogP contribution in [-0.2, 0) is 9.59 Å². The molecule has 5 nitrogen and oxygen atoms in total. The second-order valence-electron chi connectivity index (χ2n) is 5.68. The number of carboxylic acids is 1. The molecule has 1 rings (SSSR count). The number of carbonyl (C=O) groups is 2. The lowest BCUT2D eigenvalue weighted by atomic mass is 10.1. The van der Waals surface area contributed by atoms with Crippen LogP contribution >= 0.6 is 0 Å². The number of aryl methyl sites for hydroxylation is 2. The predicted octanol–water partition coefficient (Wildman–Crippen LogP) is 2.87. The van der Waals surface area contributed by atoms with Gasteiger partial charge in [-0.15, -0.1) is 0 Å². The van der Waals surface area contributed by atoms with Gasteiger partial charge in [-0.05, 0) is 50.1 Å². The minimum atomic E-state index is -0.993. The van der Waals surface area contributed by atoms with Crippen LogP contribution < -0.4 is 10.6 Å². The molecule has 0 heterocycles. The molecule has 0 aliphatic heterocycles. The van der Waals surface area contributed by atoms with Crippen molar-refractivity contribution < 1.29 is 14.7 Å². The highest BCUT2D eigenvalue weighted by Gasteiger charge is 2.20. The smallest absolute Gasteiger partial charge is 0.321 e. The number of carbonyl (C=O) groups excluding carboxylic acids is 1. The Hall–Kier alpha value is -1.88. The van der Waals surface area contributed by atoms with E-state index in [2.05, 4.69) is 17.6 Å². The summed E-state index contributed by atoms with van der Waals surface area (Å²) in [4.78, 5) is 23.2. The van der Waals surface area contributed by atoms with E-state index in [1.807, 2.05) is 32.0 Å². The fraction of sp³-hybridized carbons (Fsp3) is 0.529. The van der Waals surface area contributed by atoms with Crippen LogP contribution in [0.4, 0.5) is 5.69 Å². The first-order valence-electron chi connectivity index (χ1n) is 7.76. The highest BCUT2D eigenvalue weighted by atomic mass is 16.4. The molecular weight excluding hydrogens is 280 g/mol. The minimum Gasteiger partial charge on any atom is -0.480 e. The summed E-state index contributed by atoms with van der Waals surface area (Å²) in [5.41, 5.74) is 2.82. The molecule has 0 aromatic heterocycles. The number of hydrogen-bond acceptors (Lipinski definition) is 3. The van der Waals surface area contributed by atoms with E-state index in [9.17, 15) is 14.7 Å². The third-order valence-electron chi connectivity index (χ3n) is 3.36. The number of unbranched alkanes of at least 4 members (excludes halogenated alkanes) is 2. The summed E-state index contributed by atoms with van der Waals surface area (Å²) in [6.45, 7) is 6.61. The van der Waals surface area contributed by atoms with Crippen LogP contribution in [0.2, 0.25) is 0 Å². The average molecular weight is 306 g/mol. The number of benzene rings is 1. The molecule has 0 spiro atoms. The van der Waals surface area contributed by atoms with Crippen molar-refractivity contribution in [3.63, 3.8) is 0 Å². The van der Waals surface area contributed by atoms with Crippen molar-refractivity contribution in [1.82, 2.24) is 5.32 Å². The monoisotopic (exact) mass is 306 g/mol. The summed E-state index contributed by atoms with van der Waals surface area (Å²) < 4.78 is 0. The van der Waals surface area contributed by atoms with Crippen molar-refractivity contribution in [3.8, 4) is 0 Å². The maximum Gasteiger partial charge on any atom is 0.321 e. The van der Waals surface area contributed by atoms with Gasteiger partial charge < -0.3 is 15.7 Å². The molecule has 0 saturated heterocycles. The highest BCUT2D eigenvalue weighted by molar-refractivity contribution is 5.94. The van der Waals surface area contributed by atoms with Gasteiger partial charge >= 0.3 is 5.97 Å². The molecule has 5 heteroatoms. The number of amides is 1. The summed E-state index contributed by atoms with van der Waals surface area (Å²) >= 11 is 0. The Kier molecular flexibility index (Phi) is 7.60. The Bertz CT molecular complexity index is 494. The van der Waals surface area contributed by atoms with E-state index in [0.29, 0.717) is 12.2 Å². The fourth-order valence-electron chi connectivity index (χ4n) is 2.34. The molecule has 1 amide bonds. The Labute approximate surface area is 132 Å². The molecule has 22 heavy (non-hydrogen) atoms. The lowest BCUT2D eigenvalue weighted by Gasteiger charge is -2.14. The van der Waals surface area contributed by atoms with E-state index in [1.165, 1.54) is 0 Å². The van der Waals surface area contributed by atoms with Gasteiger partial charge in [0.25, 0.3) is 0 Å². The van der Waals surface area contributed by atoms with Gasteiger partial charge in [-0.1, -0.05) is 25.8 Å². The molecule has 1 atom stereocenters. The number of hydrogen-bond donors (Lipinski definition) is 3. The van der Waals surface area contributed by atoms with Crippen molar-refractivity contribution >= 4 is 17.6 Å². The van der Waals surface area contributed by atoms with E-state index in [1.54, 1.807) is 0 Å². The number of rotatable bonds is 9. The van der Waals surface area contributed by atoms with Gasteiger partial charge in [0.1, 0.15) is 6.04 Å². The van der Waals surface area contributed by atoms with E-state index in [4.69, 9.17) is 0 Å². The van der Waals surface area contributed by atoms with Gasteiger partial charge in [-0.2, -0.15) is 0 Å². The summed E-state index contributed by atoms with van der Waals surface area (Å²) in [5.74, 6) is -1.28. The van der Waals surface area contributed by atoms with Gasteiger partial charge in [0, 0.05) is 5.69 Å². The zero-order chi connectivity index (χ0) is 16.5. The molecule has 122 valence electrons. The molecule has 0 radical (unpaired) electrons. The first kappa shape index (κ1) is 18.2. The molecule has 1 aromatic rings. The quantitative estimate of drug-likeness (QED) is 0.613. The fourth-order valence-corrected chi connectivity index (χ4v) is 2.34. The van der Waals surface area contributed by atoms with E-state index in [0.717, 1.165) is 30.4 Å². The van der Waals surface area contributed by atoms with Crippen LogP contribution in [0.3, 0.4) is 0 Å². The van der Waals surface area contributed by atoms with Crippen molar-refractivity contribution in [2.75, 3.05) is 11.9 Å². The molecular formula is C17H26N2O3. The zero-order valence-corrected chi connectivity index (χ0v) is 13.6. The second-order valence-corrected chi connectivity index (χ2v) is 5.68. The van der Waals surface area contributed by atoms with Gasteiger partial charge in [-0.3, -0.25) is 9.59 Å². The lowest BCUT2D eigenvalue weighted by Crippen LogP contribution is -2.40. The lowest BCUT2D eigenvalue weighted by molar-refractivity contribution is -0.141. The van der Waals surface area contributed by atoms with E-state index >= 15 is 0 Å². The van der Waals surface area contributed by atoms with E-state index in [-0.39, 0.29) is 12.3 Å². The van der Waals surface area contributed by atoms with Gasteiger partial charge in [0.15, 0.2) is 0 Å². The minimum absolute atomic E-state index is 0.0750. The third-order valence-corrected chi connectivity index (χ3v) is 3.36. The summed E-state index contributed by atoms with van der Waals surface area (Å²) in [7, 11) is 0. The average Bonchev–Trinajstić information content (AvgIpc) is 2.40. The Morgan fingerprint density at radius 2 is 1.77 bits per heavy atom. The van der Waals surface area contributed by atoms with Gasteiger partial charge in [-0.25, -0.2) is 0 Å². The van der Waals surface area contributed by atoms with Crippen LogP contribution in [-0.4, -0.2) is 29.6 Å². The number of nitrogens with one attached hydrogen (secondary N) is 2. The molecule has 0 fully saturated rings. The second kappa shape index (κ2) is 9.20. The summed E-state index contributed by atoms with van der Waals surface area (Å²) in [5, 5.41) is 14.9. The zero-order valence-electron chi connectivity index (χ0n) is 13.6. The Morgan fingerprint density at radius 3 is 2.32 bits per heavy atom. The maximum atomic E-state index is 12.0.